The van der Waals surface area contributed by atoms with Crippen molar-refractivity contribution in [1.82, 2.24) is 10.2 Å². The van der Waals surface area contributed by atoms with Gasteiger partial charge in [0, 0.05) is 0 Å². The topological polar surface area (TPSA) is 164 Å². The predicted molar refractivity (Wildman–Crippen MR) is 65.2 cm³/mol. The Morgan fingerprint density at radius 2 is 1.20 bits per heavy atom. The molecule has 0 fully saturated rings. The minimum atomic E-state index is -1.08. The molecule has 0 aromatic carbocycles. The van der Waals surface area contributed by atoms with Crippen LogP contribution >= 0.6 is 0 Å². The number of carbonyl (C=O) groups is 4. The van der Waals surface area contributed by atoms with Crippen LogP contribution in [-0.4, -0.2) is 75.4 Å². The number of nitrogens with one attached hydrogen (secondary N) is 1. The molecule has 20 heavy (non-hydrogen) atoms. The van der Waals surface area contributed by atoms with Crippen LogP contribution in [0.3, 0.4) is 0 Å². The summed E-state index contributed by atoms with van der Waals surface area (Å²) >= 11 is 0. The van der Waals surface area contributed by atoms with Crippen molar-refractivity contribution in [1.29, 1.82) is 0 Å². The van der Waals surface area contributed by atoms with Crippen molar-refractivity contribution >= 4 is 23.9 Å². The molecule has 10 heteroatoms. The molecule has 0 rings (SSSR count). The van der Waals surface area contributed by atoms with Crippen molar-refractivity contribution < 1.29 is 39.6 Å². The number of rotatable bonds is 9. The molecule has 0 amide bonds. The Balaban J connectivity index is 0. The Bertz CT molecular complexity index is 338. The first-order valence-corrected chi connectivity index (χ1v) is 5.13. The first-order chi connectivity index (χ1) is 9.18. The van der Waals surface area contributed by atoms with Crippen molar-refractivity contribution in [2.75, 3.05) is 26.2 Å². The molecule has 0 heterocycles. The van der Waals surface area contributed by atoms with Crippen LogP contribution in [0.1, 0.15) is 0 Å². The fourth-order valence-corrected chi connectivity index (χ4v) is 0.809. The van der Waals surface area contributed by atoms with Crippen LogP contribution in [0, 0.1) is 0 Å². The Morgan fingerprint density at radius 3 is 1.40 bits per heavy atom. The van der Waals surface area contributed by atoms with E-state index in [-0.39, 0.29) is 26.2 Å². The average Bonchev–Trinajstić information content (AvgIpc) is 2.26. The van der Waals surface area contributed by atoms with E-state index in [1.165, 1.54) is 6.20 Å². The molecule has 0 aromatic rings. The van der Waals surface area contributed by atoms with Crippen molar-refractivity contribution in [3.63, 3.8) is 0 Å². The molecule has 0 aromatic heterocycles. The third kappa shape index (κ3) is 17.8. The van der Waals surface area contributed by atoms with E-state index in [0.29, 0.717) is 0 Å². The molecule has 10 nitrogen and oxygen atoms in total. The zero-order valence-electron chi connectivity index (χ0n) is 10.5. The SMILES string of the molecule is C=CN(CC(=O)O)CC(=O)O.O=C(O)CNCC(=O)O. The van der Waals surface area contributed by atoms with Gasteiger partial charge in [-0.1, -0.05) is 6.58 Å². The van der Waals surface area contributed by atoms with Gasteiger partial charge in [-0.25, -0.2) is 0 Å². The molecule has 0 spiro atoms. The molecule has 0 saturated carbocycles. The highest BCUT2D eigenvalue weighted by atomic mass is 16.4. The first-order valence-electron chi connectivity index (χ1n) is 5.13. The molecule has 0 atom stereocenters. The summed E-state index contributed by atoms with van der Waals surface area (Å²) in [4.78, 5) is 40.7. The van der Waals surface area contributed by atoms with Crippen LogP contribution in [0.25, 0.3) is 0 Å². The van der Waals surface area contributed by atoms with Crippen molar-refractivity contribution in [2.45, 2.75) is 0 Å². The second kappa shape index (κ2) is 11.5. The van der Waals surface area contributed by atoms with Gasteiger partial charge in [-0.05, 0) is 6.20 Å². The third-order valence-corrected chi connectivity index (χ3v) is 1.49. The summed E-state index contributed by atoms with van der Waals surface area (Å²) in [6.45, 7) is 1.96. The Morgan fingerprint density at radius 1 is 0.850 bits per heavy atom. The zero-order chi connectivity index (χ0) is 16.1. The summed E-state index contributed by atoms with van der Waals surface area (Å²) in [5.74, 6) is -4.27. The Hall–Kier alpha value is -2.62. The lowest BCUT2D eigenvalue weighted by Gasteiger charge is -2.13. The van der Waals surface area contributed by atoms with Crippen molar-refractivity contribution in [3.05, 3.63) is 12.8 Å². The molecule has 0 bridgehead atoms. The molecular weight excluding hydrogens is 276 g/mol. The summed E-state index contributed by atoms with van der Waals surface area (Å²) in [5.41, 5.74) is 0. The van der Waals surface area contributed by atoms with E-state index < -0.39 is 23.9 Å². The quantitative estimate of drug-likeness (QED) is 0.332. The van der Waals surface area contributed by atoms with E-state index in [4.69, 9.17) is 20.4 Å². The molecule has 0 radical (unpaired) electrons. The van der Waals surface area contributed by atoms with Gasteiger partial charge in [-0.2, -0.15) is 0 Å². The number of carboxylic acid groups (broad SMARTS) is 4. The van der Waals surface area contributed by atoms with Crippen LogP contribution in [0.15, 0.2) is 12.8 Å². The molecule has 0 aliphatic carbocycles. The molecule has 0 aliphatic rings. The van der Waals surface area contributed by atoms with Gasteiger partial charge >= 0.3 is 23.9 Å². The molecule has 114 valence electrons. The molecule has 0 saturated heterocycles. The van der Waals surface area contributed by atoms with Gasteiger partial charge in [0.25, 0.3) is 0 Å². The number of nitrogens with zero attached hydrogens (tertiary/aromatic N) is 1. The minimum Gasteiger partial charge on any atom is -0.480 e. The van der Waals surface area contributed by atoms with Gasteiger partial charge in [0.2, 0.25) is 0 Å². The minimum absolute atomic E-state index is 0.313. The van der Waals surface area contributed by atoms with E-state index in [2.05, 4.69) is 11.9 Å². The van der Waals surface area contributed by atoms with Crippen LogP contribution in [0.5, 0.6) is 0 Å². The highest BCUT2D eigenvalue weighted by Crippen LogP contribution is 1.87. The van der Waals surface area contributed by atoms with Crippen LogP contribution in [0.2, 0.25) is 0 Å². The normalized spacial score (nSPS) is 8.80. The van der Waals surface area contributed by atoms with Crippen LogP contribution < -0.4 is 5.32 Å². The molecule has 0 aliphatic heterocycles. The van der Waals surface area contributed by atoms with E-state index >= 15 is 0 Å². The fourth-order valence-electron chi connectivity index (χ4n) is 0.809. The lowest BCUT2D eigenvalue weighted by Crippen LogP contribution is -2.29. The van der Waals surface area contributed by atoms with Gasteiger partial charge in [0.1, 0.15) is 13.1 Å². The van der Waals surface area contributed by atoms with E-state index in [1.54, 1.807) is 0 Å². The monoisotopic (exact) mass is 292 g/mol. The van der Waals surface area contributed by atoms with Gasteiger partial charge < -0.3 is 25.3 Å². The maximum Gasteiger partial charge on any atom is 0.323 e. The summed E-state index contributed by atoms with van der Waals surface area (Å²) < 4.78 is 0. The second-order valence-electron chi connectivity index (χ2n) is 3.27. The Kier molecular flexibility index (Phi) is 11.3. The van der Waals surface area contributed by atoms with Gasteiger partial charge in [-0.3, -0.25) is 24.5 Å². The van der Waals surface area contributed by atoms with E-state index in [0.717, 1.165) is 4.90 Å². The highest BCUT2D eigenvalue weighted by Gasteiger charge is 2.07. The maximum atomic E-state index is 10.1. The number of aliphatic carboxylic acids is 4. The maximum absolute atomic E-state index is 10.1. The fraction of sp³-hybridized carbons (Fsp3) is 0.400. The summed E-state index contributed by atoms with van der Waals surface area (Å²) in [5, 5.41) is 34.6. The van der Waals surface area contributed by atoms with E-state index in [9.17, 15) is 19.2 Å². The van der Waals surface area contributed by atoms with Gasteiger partial charge in [-0.15, -0.1) is 0 Å². The Labute approximate surface area is 113 Å². The third-order valence-electron chi connectivity index (χ3n) is 1.49. The number of hydrogen-bond acceptors (Lipinski definition) is 6. The highest BCUT2D eigenvalue weighted by molar-refractivity contribution is 5.73. The summed E-state index contributed by atoms with van der Waals surface area (Å²) in [7, 11) is 0. The van der Waals surface area contributed by atoms with E-state index in [1.807, 2.05) is 0 Å². The summed E-state index contributed by atoms with van der Waals surface area (Å²) in [6.07, 6.45) is 1.18. The second-order valence-corrected chi connectivity index (χ2v) is 3.27. The standard InChI is InChI=1S/C6H9NO4.C4H7NO4/c1-2-7(3-5(8)9)4-6(10)11;6-3(7)1-5-2-4(8)9/h2H,1,3-4H2,(H,8,9)(H,10,11);5H,1-2H2,(H,6,7)(H,8,9). The lowest BCUT2D eigenvalue weighted by atomic mass is 10.5. The predicted octanol–water partition coefficient (Wildman–Crippen LogP) is -1.65. The smallest absolute Gasteiger partial charge is 0.323 e. The van der Waals surface area contributed by atoms with Crippen molar-refractivity contribution in [3.8, 4) is 0 Å². The van der Waals surface area contributed by atoms with Crippen molar-refractivity contribution in [2.24, 2.45) is 0 Å². The zero-order valence-corrected chi connectivity index (χ0v) is 10.5. The van der Waals surface area contributed by atoms with Crippen LogP contribution in [0.4, 0.5) is 0 Å². The number of hydrogen-bond donors (Lipinski definition) is 5. The molecule has 5 N–H and O–H groups in total. The lowest BCUT2D eigenvalue weighted by molar-refractivity contribution is -0.141. The van der Waals surface area contributed by atoms with Gasteiger partial charge in [0.05, 0.1) is 13.1 Å². The molecular formula is C10H16N2O8. The summed E-state index contributed by atoms with van der Waals surface area (Å²) in [6, 6.07) is 0. The number of carboxylic acids is 4. The van der Waals surface area contributed by atoms with Crippen LogP contribution in [-0.2, 0) is 19.2 Å². The average molecular weight is 292 g/mol. The largest absolute Gasteiger partial charge is 0.480 e. The molecule has 0 unspecified atom stereocenters. The van der Waals surface area contributed by atoms with Gasteiger partial charge in [0.15, 0.2) is 0 Å². The first kappa shape index (κ1) is 19.7.